The number of hydrogen-bond acceptors (Lipinski definition) is 5. The van der Waals surface area contributed by atoms with Gasteiger partial charge in [0.15, 0.2) is 5.78 Å². The number of ether oxygens (including phenoxy) is 1. The topological polar surface area (TPSA) is 66.9 Å². The third kappa shape index (κ3) is 2.75. The molecule has 0 fully saturated rings. The van der Waals surface area contributed by atoms with Crippen LogP contribution in [0.2, 0.25) is 0 Å². The quantitative estimate of drug-likeness (QED) is 0.837. The molecule has 6 heteroatoms. The third-order valence-corrected chi connectivity index (χ3v) is 3.76. The van der Waals surface area contributed by atoms with E-state index in [1.807, 2.05) is 0 Å². The molecular formula is C17H16N2O4. The predicted molar refractivity (Wildman–Crippen MR) is 82.8 cm³/mol. The van der Waals surface area contributed by atoms with Crippen LogP contribution in [0.4, 0.5) is 4.79 Å². The lowest BCUT2D eigenvalue weighted by Gasteiger charge is -2.31. The molecule has 1 amide bonds. The molecule has 3 rings (SSSR count). The molecule has 118 valence electrons. The van der Waals surface area contributed by atoms with Gasteiger partial charge in [0, 0.05) is 42.7 Å². The lowest BCUT2D eigenvalue weighted by atomic mass is 9.92. The second kappa shape index (κ2) is 6.08. The van der Waals surface area contributed by atoms with Gasteiger partial charge in [0.25, 0.3) is 0 Å². The van der Waals surface area contributed by atoms with Crippen LogP contribution in [0.15, 0.2) is 48.4 Å². The van der Waals surface area contributed by atoms with E-state index < -0.39 is 6.09 Å². The molecule has 0 spiro atoms. The van der Waals surface area contributed by atoms with Crippen LogP contribution in [0.3, 0.4) is 0 Å². The van der Waals surface area contributed by atoms with Gasteiger partial charge < -0.3 is 9.64 Å². The molecule has 0 saturated carbocycles. The fourth-order valence-electron chi connectivity index (χ4n) is 2.60. The Morgan fingerprint density at radius 1 is 1.13 bits per heavy atom. The Bertz CT molecular complexity index is 736. The lowest BCUT2D eigenvalue weighted by Crippen LogP contribution is -2.40. The molecule has 0 saturated heterocycles. The molecule has 0 bridgehead atoms. The summed E-state index contributed by atoms with van der Waals surface area (Å²) in [5.41, 5.74) is 1.17. The van der Waals surface area contributed by atoms with E-state index in [2.05, 4.69) is 0 Å². The van der Waals surface area contributed by atoms with Crippen LogP contribution in [0, 0.1) is 0 Å². The lowest BCUT2D eigenvalue weighted by molar-refractivity contribution is 0.0951. The number of fused-ring (bicyclic) bond motifs is 1. The summed E-state index contributed by atoms with van der Waals surface area (Å²) in [7, 11) is 0. The second-order valence-electron chi connectivity index (χ2n) is 5.15. The van der Waals surface area contributed by atoms with E-state index in [1.165, 1.54) is 11.0 Å². The maximum Gasteiger partial charge on any atom is 0.413 e. The van der Waals surface area contributed by atoms with Crippen LogP contribution in [-0.2, 0) is 4.74 Å². The maximum absolute atomic E-state index is 12.6. The molecule has 1 aliphatic heterocycles. The zero-order valence-electron chi connectivity index (χ0n) is 12.7. The third-order valence-electron chi connectivity index (χ3n) is 3.76. The number of carbonyl (C=O) groups excluding carboxylic acids is 3. The highest BCUT2D eigenvalue weighted by molar-refractivity contribution is 6.24. The van der Waals surface area contributed by atoms with E-state index in [0.717, 1.165) is 0 Å². The number of ketones is 2. The van der Waals surface area contributed by atoms with Crippen molar-refractivity contribution in [3.05, 3.63) is 59.6 Å². The largest absolute Gasteiger partial charge is 0.449 e. The molecule has 6 nitrogen and oxygen atoms in total. The first-order valence-corrected chi connectivity index (χ1v) is 7.40. The van der Waals surface area contributed by atoms with Crippen LogP contribution in [0.25, 0.3) is 0 Å². The summed E-state index contributed by atoms with van der Waals surface area (Å²) >= 11 is 0. The Kier molecular flexibility index (Phi) is 3.97. The van der Waals surface area contributed by atoms with Crippen LogP contribution >= 0.6 is 0 Å². The molecule has 0 radical (unpaired) electrons. The van der Waals surface area contributed by atoms with Gasteiger partial charge in [-0.25, -0.2) is 4.79 Å². The average molecular weight is 312 g/mol. The number of nitrogens with zero attached hydrogens (tertiary/aromatic N) is 2. The summed E-state index contributed by atoms with van der Waals surface area (Å²) in [6.07, 6.45) is 4.11. The van der Waals surface area contributed by atoms with Gasteiger partial charge >= 0.3 is 6.09 Å². The summed E-state index contributed by atoms with van der Waals surface area (Å²) in [4.78, 5) is 39.5. The predicted octanol–water partition coefficient (Wildman–Crippen LogP) is 2.19. The van der Waals surface area contributed by atoms with Crippen molar-refractivity contribution >= 4 is 17.7 Å². The summed E-state index contributed by atoms with van der Waals surface area (Å²) < 4.78 is 4.93. The molecule has 1 heterocycles. The van der Waals surface area contributed by atoms with Gasteiger partial charge in [-0.15, -0.1) is 0 Å². The molecular weight excluding hydrogens is 296 g/mol. The normalized spacial score (nSPS) is 17.0. The summed E-state index contributed by atoms with van der Waals surface area (Å²) in [5.74, 6) is -0.370. The number of Topliss-reactive ketones (excluding diaryl/α,β-unsaturated/α-hetero) is 1. The fourth-order valence-corrected chi connectivity index (χ4v) is 2.60. The van der Waals surface area contributed by atoms with E-state index in [9.17, 15) is 14.4 Å². The molecule has 1 aliphatic carbocycles. The molecule has 0 unspecified atom stereocenters. The van der Waals surface area contributed by atoms with Crippen LogP contribution < -0.4 is 0 Å². The van der Waals surface area contributed by atoms with Gasteiger partial charge in [-0.05, 0) is 6.92 Å². The first-order chi connectivity index (χ1) is 11.1. The minimum absolute atomic E-state index is 0.184. The van der Waals surface area contributed by atoms with Crippen molar-refractivity contribution in [2.45, 2.75) is 6.92 Å². The highest BCUT2D eigenvalue weighted by atomic mass is 16.6. The van der Waals surface area contributed by atoms with E-state index in [-0.39, 0.29) is 11.6 Å². The summed E-state index contributed by atoms with van der Waals surface area (Å²) in [6, 6.07) is 6.78. The molecule has 0 atom stereocenters. The Morgan fingerprint density at radius 2 is 1.87 bits per heavy atom. The minimum atomic E-state index is -0.422. The van der Waals surface area contributed by atoms with E-state index >= 15 is 0 Å². The van der Waals surface area contributed by atoms with Gasteiger partial charge in [-0.2, -0.15) is 0 Å². The first-order valence-electron chi connectivity index (χ1n) is 7.40. The van der Waals surface area contributed by atoms with E-state index in [0.29, 0.717) is 36.5 Å². The van der Waals surface area contributed by atoms with E-state index in [1.54, 1.807) is 48.5 Å². The number of allylic oxidation sites excluding steroid dienone is 2. The Labute approximate surface area is 133 Å². The molecule has 1 aromatic rings. The second-order valence-corrected chi connectivity index (χ2v) is 5.15. The monoisotopic (exact) mass is 312 g/mol. The van der Waals surface area contributed by atoms with Gasteiger partial charge in [0.05, 0.1) is 12.3 Å². The van der Waals surface area contributed by atoms with Crippen molar-refractivity contribution < 1.29 is 19.1 Å². The molecule has 0 N–H and O–H groups in total. The molecule has 2 aliphatic rings. The summed E-state index contributed by atoms with van der Waals surface area (Å²) in [6.45, 7) is 2.85. The Balaban J connectivity index is 1.82. The van der Waals surface area contributed by atoms with Gasteiger partial charge in [0.1, 0.15) is 0 Å². The van der Waals surface area contributed by atoms with Gasteiger partial charge in [0.2, 0.25) is 5.78 Å². The molecule has 0 aromatic heterocycles. The van der Waals surface area contributed by atoms with Crippen molar-refractivity contribution in [1.29, 1.82) is 0 Å². The van der Waals surface area contributed by atoms with Crippen molar-refractivity contribution in [3.8, 4) is 0 Å². The van der Waals surface area contributed by atoms with Crippen molar-refractivity contribution in [1.82, 2.24) is 9.80 Å². The number of rotatable bonds is 2. The maximum atomic E-state index is 12.6. The highest BCUT2D eigenvalue weighted by Gasteiger charge is 2.29. The van der Waals surface area contributed by atoms with Gasteiger partial charge in [-0.3, -0.25) is 14.5 Å². The van der Waals surface area contributed by atoms with Gasteiger partial charge in [-0.1, -0.05) is 24.3 Å². The van der Waals surface area contributed by atoms with Crippen molar-refractivity contribution in [3.63, 3.8) is 0 Å². The number of hydrogen-bond donors (Lipinski definition) is 0. The SMILES string of the molecule is CCOC(=O)N1C=CN(C2=CC(=O)c3ccccc3C2=O)CC1. The minimum Gasteiger partial charge on any atom is -0.449 e. The van der Waals surface area contributed by atoms with E-state index in [4.69, 9.17) is 4.74 Å². The smallest absolute Gasteiger partial charge is 0.413 e. The first kappa shape index (κ1) is 15.0. The highest BCUT2D eigenvalue weighted by Crippen LogP contribution is 2.24. The zero-order chi connectivity index (χ0) is 16.4. The van der Waals surface area contributed by atoms with Crippen LogP contribution in [0.1, 0.15) is 27.6 Å². The fraction of sp³-hybridized carbons (Fsp3) is 0.235. The number of carbonyl (C=O) groups is 3. The molecule has 1 aromatic carbocycles. The summed E-state index contributed by atoms with van der Waals surface area (Å²) in [5, 5.41) is 0. The average Bonchev–Trinajstić information content (AvgIpc) is 2.58. The number of amides is 1. The van der Waals surface area contributed by atoms with Crippen molar-refractivity contribution in [2.24, 2.45) is 0 Å². The van der Waals surface area contributed by atoms with Crippen LogP contribution in [-0.4, -0.2) is 47.2 Å². The molecule has 23 heavy (non-hydrogen) atoms. The Morgan fingerprint density at radius 3 is 2.52 bits per heavy atom. The zero-order valence-corrected chi connectivity index (χ0v) is 12.7. The Hall–Kier alpha value is -2.89. The van der Waals surface area contributed by atoms with Crippen LogP contribution in [0.5, 0.6) is 0 Å². The number of benzene rings is 1. The van der Waals surface area contributed by atoms with Crippen molar-refractivity contribution in [2.75, 3.05) is 19.7 Å². The standard InChI is InChI=1S/C17H16N2O4/c1-2-23-17(22)19-9-7-18(8-10-19)14-11-15(20)12-5-3-4-6-13(12)16(14)21/h3-7,9,11H,2,8,10H2,1H3.